The standard InChI is InChI=1S/C29H19N3O2/c30-19-20-10-9-15-23(18-20)31-27(21-11-3-1-4-12-21)26-24-16-7-8-17-25(24)32(29(26)34)28(33)22-13-5-2-6-14-22/h1-18,31H/b27-26+. The van der Waals surface area contributed by atoms with Gasteiger partial charge in [0, 0.05) is 16.8 Å². The van der Waals surface area contributed by atoms with E-state index in [1.165, 1.54) is 4.90 Å². The first-order valence-electron chi connectivity index (χ1n) is 10.8. The van der Waals surface area contributed by atoms with E-state index in [0.29, 0.717) is 39.3 Å². The molecule has 5 heteroatoms. The number of nitrogens with zero attached hydrogens (tertiary/aromatic N) is 2. The van der Waals surface area contributed by atoms with Crippen molar-refractivity contribution in [3.8, 4) is 6.07 Å². The number of hydrogen-bond acceptors (Lipinski definition) is 4. The molecule has 0 unspecified atom stereocenters. The zero-order valence-electron chi connectivity index (χ0n) is 18.1. The molecule has 0 fully saturated rings. The predicted molar refractivity (Wildman–Crippen MR) is 133 cm³/mol. The summed E-state index contributed by atoms with van der Waals surface area (Å²) in [4.78, 5) is 28.5. The molecule has 0 atom stereocenters. The zero-order chi connectivity index (χ0) is 23.5. The molecule has 0 aliphatic carbocycles. The van der Waals surface area contributed by atoms with Crippen LogP contribution < -0.4 is 10.2 Å². The normalized spacial score (nSPS) is 13.7. The van der Waals surface area contributed by atoms with Gasteiger partial charge in [0.05, 0.1) is 28.6 Å². The molecule has 0 bridgehead atoms. The highest BCUT2D eigenvalue weighted by atomic mass is 16.2. The monoisotopic (exact) mass is 441 g/mol. The van der Waals surface area contributed by atoms with Gasteiger partial charge < -0.3 is 5.32 Å². The van der Waals surface area contributed by atoms with Crippen LogP contribution in [-0.2, 0) is 4.79 Å². The average Bonchev–Trinajstić information content (AvgIpc) is 3.19. The van der Waals surface area contributed by atoms with Gasteiger partial charge in [0.1, 0.15) is 0 Å². The van der Waals surface area contributed by atoms with Gasteiger partial charge in [0.25, 0.3) is 11.8 Å². The number of para-hydroxylation sites is 1. The number of hydrogen-bond donors (Lipinski definition) is 1. The lowest BCUT2D eigenvalue weighted by Gasteiger charge is -2.17. The van der Waals surface area contributed by atoms with E-state index in [2.05, 4.69) is 11.4 Å². The summed E-state index contributed by atoms with van der Waals surface area (Å²) in [6.07, 6.45) is 0. The van der Waals surface area contributed by atoms with Crippen molar-refractivity contribution < 1.29 is 9.59 Å². The largest absolute Gasteiger partial charge is 0.354 e. The van der Waals surface area contributed by atoms with Crippen LogP contribution in [-0.4, -0.2) is 11.8 Å². The minimum absolute atomic E-state index is 0.382. The fourth-order valence-electron chi connectivity index (χ4n) is 4.06. The van der Waals surface area contributed by atoms with Gasteiger partial charge in [-0.1, -0.05) is 72.8 Å². The lowest BCUT2D eigenvalue weighted by molar-refractivity contribution is -0.112. The third-order valence-electron chi connectivity index (χ3n) is 5.63. The fraction of sp³-hybridized carbons (Fsp3) is 0. The second-order valence-corrected chi connectivity index (χ2v) is 7.76. The SMILES string of the molecule is N#Cc1cccc(N/C(=C2/C(=O)N(C(=O)c3ccccc3)c3ccccc32)c2ccccc2)c1. The van der Waals surface area contributed by atoms with E-state index in [-0.39, 0.29) is 5.91 Å². The predicted octanol–water partition coefficient (Wildman–Crippen LogP) is 5.73. The number of carbonyl (C=O) groups excluding carboxylic acids is 2. The second kappa shape index (κ2) is 8.89. The Kier molecular flexibility index (Phi) is 5.47. The molecule has 0 saturated carbocycles. The molecule has 1 aliphatic rings. The highest BCUT2D eigenvalue weighted by Crippen LogP contribution is 2.41. The van der Waals surface area contributed by atoms with Crippen molar-refractivity contribution in [2.75, 3.05) is 10.2 Å². The molecule has 5 rings (SSSR count). The van der Waals surface area contributed by atoms with Crippen LogP contribution in [0.4, 0.5) is 11.4 Å². The number of nitrogens with one attached hydrogen (secondary N) is 1. The average molecular weight is 441 g/mol. The van der Waals surface area contributed by atoms with Crippen molar-refractivity contribution in [2.24, 2.45) is 0 Å². The molecule has 4 aromatic carbocycles. The topological polar surface area (TPSA) is 73.2 Å². The number of rotatable bonds is 4. The molecular weight excluding hydrogens is 422 g/mol. The number of fused-ring (bicyclic) bond motifs is 1. The van der Waals surface area contributed by atoms with Crippen LogP contribution in [0.2, 0.25) is 0 Å². The van der Waals surface area contributed by atoms with Gasteiger partial charge in [-0.3, -0.25) is 9.59 Å². The molecule has 0 aromatic heterocycles. The molecular formula is C29H19N3O2. The number of nitriles is 1. The van der Waals surface area contributed by atoms with Gasteiger partial charge in [-0.2, -0.15) is 5.26 Å². The maximum Gasteiger partial charge on any atom is 0.268 e. The number of carbonyl (C=O) groups is 2. The van der Waals surface area contributed by atoms with Crippen LogP contribution in [0.3, 0.4) is 0 Å². The fourth-order valence-corrected chi connectivity index (χ4v) is 4.06. The summed E-state index contributed by atoms with van der Waals surface area (Å²) < 4.78 is 0. The van der Waals surface area contributed by atoms with Crippen molar-refractivity contribution >= 4 is 34.5 Å². The van der Waals surface area contributed by atoms with Crippen LogP contribution in [0, 0.1) is 11.3 Å². The van der Waals surface area contributed by atoms with Crippen molar-refractivity contribution in [3.63, 3.8) is 0 Å². The molecule has 1 N–H and O–H groups in total. The molecule has 2 amide bonds. The summed E-state index contributed by atoms with van der Waals surface area (Å²) in [6, 6.07) is 34.7. The minimum Gasteiger partial charge on any atom is -0.354 e. The molecule has 0 spiro atoms. The number of imide groups is 1. The second-order valence-electron chi connectivity index (χ2n) is 7.76. The van der Waals surface area contributed by atoms with Crippen LogP contribution in [0.25, 0.3) is 11.3 Å². The summed E-state index contributed by atoms with van der Waals surface area (Å²) in [6.45, 7) is 0. The lowest BCUT2D eigenvalue weighted by Crippen LogP contribution is -2.33. The zero-order valence-corrected chi connectivity index (χ0v) is 18.1. The van der Waals surface area contributed by atoms with Crippen molar-refractivity contribution in [2.45, 2.75) is 0 Å². The first-order valence-corrected chi connectivity index (χ1v) is 10.8. The molecule has 162 valence electrons. The lowest BCUT2D eigenvalue weighted by atomic mass is 10.00. The molecule has 0 radical (unpaired) electrons. The minimum atomic E-state index is -0.405. The highest BCUT2D eigenvalue weighted by Gasteiger charge is 2.39. The molecule has 1 heterocycles. The first kappa shape index (κ1) is 20.9. The summed E-state index contributed by atoms with van der Waals surface area (Å²) in [5.41, 5.74) is 4.56. The van der Waals surface area contributed by atoms with E-state index in [0.717, 1.165) is 5.56 Å². The Labute approximate surface area is 197 Å². The molecule has 0 saturated heterocycles. The quantitative estimate of drug-likeness (QED) is 0.324. The number of anilines is 2. The van der Waals surface area contributed by atoms with Crippen LogP contribution >= 0.6 is 0 Å². The molecule has 5 nitrogen and oxygen atoms in total. The highest BCUT2D eigenvalue weighted by molar-refractivity contribution is 6.45. The maximum absolute atomic E-state index is 13.9. The van der Waals surface area contributed by atoms with Crippen LogP contribution in [0.5, 0.6) is 0 Å². The Morgan fingerprint density at radius 3 is 2.12 bits per heavy atom. The summed E-state index contributed by atoms with van der Waals surface area (Å²) in [5.74, 6) is -0.787. The smallest absolute Gasteiger partial charge is 0.268 e. The van der Waals surface area contributed by atoms with Crippen molar-refractivity contribution in [1.29, 1.82) is 5.26 Å². The molecule has 34 heavy (non-hydrogen) atoms. The Morgan fingerprint density at radius 2 is 1.41 bits per heavy atom. The summed E-state index contributed by atoms with van der Waals surface area (Å²) >= 11 is 0. The van der Waals surface area contributed by atoms with Gasteiger partial charge >= 0.3 is 0 Å². The van der Waals surface area contributed by atoms with E-state index >= 15 is 0 Å². The van der Waals surface area contributed by atoms with Crippen molar-refractivity contribution in [3.05, 3.63) is 131 Å². The van der Waals surface area contributed by atoms with Crippen LogP contribution in [0.15, 0.2) is 109 Å². The Hall–Kier alpha value is -4.95. The van der Waals surface area contributed by atoms with E-state index in [1.807, 2.05) is 60.7 Å². The van der Waals surface area contributed by atoms with Gasteiger partial charge in [0.15, 0.2) is 0 Å². The van der Waals surface area contributed by atoms with Crippen LogP contribution in [0.1, 0.15) is 27.0 Å². The van der Waals surface area contributed by atoms with Gasteiger partial charge in [-0.05, 0) is 42.0 Å². The molecule has 4 aromatic rings. The van der Waals surface area contributed by atoms with Gasteiger partial charge in [-0.25, -0.2) is 4.90 Å². The Bertz CT molecular complexity index is 1470. The van der Waals surface area contributed by atoms with E-state index < -0.39 is 5.91 Å². The van der Waals surface area contributed by atoms with Crippen molar-refractivity contribution in [1.82, 2.24) is 0 Å². The third-order valence-corrected chi connectivity index (χ3v) is 5.63. The maximum atomic E-state index is 13.9. The summed E-state index contributed by atoms with van der Waals surface area (Å²) in [5, 5.41) is 12.7. The summed E-state index contributed by atoms with van der Waals surface area (Å²) in [7, 11) is 0. The first-order chi connectivity index (χ1) is 16.7. The van der Waals surface area contributed by atoms with Gasteiger partial charge in [0.2, 0.25) is 0 Å². The van der Waals surface area contributed by atoms with E-state index in [4.69, 9.17) is 0 Å². The van der Waals surface area contributed by atoms with E-state index in [1.54, 1.807) is 48.5 Å². The third kappa shape index (κ3) is 3.74. The van der Waals surface area contributed by atoms with E-state index in [9.17, 15) is 14.9 Å². The Balaban J connectivity index is 1.70. The molecule has 1 aliphatic heterocycles. The Morgan fingerprint density at radius 1 is 0.765 bits per heavy atom. The van der Waals surface area contributed by atoms with Gasteiger partial charge in [-0.15, -0.1) is 0 Å². The number of amides is 2. The number of benzene rings is 4.